The molecule has 0 aromatic heterocycles. The highest BCUT2D eigenvalue weighted by Gasteiger charge is 2.21. The number of carbonyl (C=O) groups is 1. The van der Waals surface area contributed by atoms with Crippen molar-refractivity contribution < 1.29 is 9.90 Å². The van der Waals surface area contributed by atoms with Gasteiger partial charge in [-0.25, -0.2) is 0 Å². The fourth-order valence-electron chi connectivity index (χ4n) is 2.35. The van der Waals surface area contributed by atoms with Crippen LogP contribution in [0.15, 0.2) is 12.2 Å². The first-order chi connectivity index (χ1) is 8.38. The van der Waals surface area contributed by atoms with Crippen molar-refractivity contribution in [2.45, 2.75) is 71.4 Å². The second-order valence-corrected chi connectivity index (χ2v) is 6.40. The molecule has 18 heavy (non-hydrogen) atoms. The smallest absolute Gasteiger partial charge is 0.321 e. The van der Waals surface area contributed by atoms with Gasteiger partial charge in [0.2, 0.25) is 0 Å². The molecule has 0 saturated heterocycles. The zero-order chi connectivity index (χ0) is 13.6. The van der Waals surface area contributed by atoms with Crippen molar-refractivity contribution >= 4 is 5.97 Å². The molecule has 0 aromatic carbocycles. The van der Waals surface area contributed by atoms with Gasteiger partial charge in [0.15, 0.2) is 0 Å². The van der Waals surface area contributed by atoms with Crippen molar-refractivity contribution in [2.24, 2.45) is 5.41 Å². The molecule has 1 aliphatic carbocycles. The molecule has 2 N–H and O–H groups in total. The molecule has 0 unspecified atom stereocenters. The average Bonchev–Trinajstić information content (AvgIpc) is 2.27. The van der Waals surface area contributed by atoms with E-state index in [4.69, 9.17) is 0 Å². The van der Waals surface area contributed by atoms with Crippen molar-refractivity contribution in [3.05, 3.63) is 12.2 Å². The second-order valence-electron chi connectivity index (χ2n) is 6.40. The van der Waals surface area contributed by atoms with Crippen LogP contribution in [0.2, 0.25) is 0 Å². The summed E-state index contributed by atoms with van der Waals surface area (Å²) < 4.78 is 0. The minimum atomic E-state index is -0.737. The summed E-state index contributed by atoms with van der Waals surface area (Å²) in [6, 6.07) is -0.0467. The van der Waals surface area contributed by atoms with E-state index in [0.717, 1.165) is 12.8 Å². The van der Waals surface area contributed by atoms with E-state index in [9.17, 15) is 9.90 Å². The average molecular weight is 253 g/mol. The number of allylic oxidation sites excluding steroid dienone is 1. The molecule has 104 valence electrons. The van der Waals surface area contributed by atoms with E-state index in [1.165, 1.54) is 19.3 Å². The van der Waals surface area contributed by atoms with Crippen LogP contribution in [0.5, 0.6) is 0 Å². The normalized spacial score (nSPS) is 20.2. The van der Waals surface area contributed by atoms with Crippen LogP contribution in [0.1, 0.15) is 59.3 Å². The van der Waals surface area contributed by atoms with Crippen LogP contribution in [0.25, 0.3) is 0 Å². The summed E-state index contributed by atoms with van der Waals surface area (Å²) in [4.78, 5) is 11.2. The summed E-state index contributed by atoms with van der Waals surface area (Å²) in [5, 5.41) is 12.5. The fourth-order valence-corrected chi connectivity index (χ4v) is 2.35. The Hall–Kier alpha value is -0.830. The van der Waals surface area contributed by atoms with E-state index < -0.39 is 12.0 Å². The van der Waals surface area contributed by atoms with Gasteiger partial charge in [0.1, 0.15) is 6.04 Å². The molecule has 3 heteroatoms. The first kappa shape index (κ1) is 15.2. The molecule has 1 fully saturated rings. The Bertz CT molecular complexity index is 285. The lowest BCUT2D eigenvalue weighted by molar-refractivity contribution is -0.139. The molecule has 0 aromatic rings. The van der Waals surface area contributed by atoms with Crippen LogP contribution in [0, 0.1) is 5.41 Å². The lowest BCUT2D eigenvalue weighted by Gasteiger charge is -2.26. The zero-order valence-corrected chi connectivity index (χ0v) is 11.9. The first-order valence-electron chi connectivity index (χ1n) is 7.05. The quantitative estimate of drug-likeness (QED) is 0.739. The molecule has 0 amide bonds. The van der Waals surface area contributed by atoms with Gasteiger partial charge in [-0.2, -0.15) is 0 Å². The third-order valence-electron chi connectivity index (χ3n) is 3.33. The highest BCUT2D eigenvalue weighted by molar-refractivity contribution is 5.73. The molecule has 0 spiro atoms. The number of carboxylic acid groups (broad SMARTS) is 1. The highest BCUT2D eigenvalue weighted by Crippen LogP contribution is 2.19. The maximum Gasteiger partial charge on any atom is 0.321 e. The standard InChI is InChI=1S/C15H27NO2/c1-15(2,3)11-7-10-13(14(17)18)16-12-8-5-4-6-9-12/h7,11-13,16H,4-6,8-10H2,1-3H3,(H,17,18)/b11-7+/t13-/m1/s1. The van der Waals surface area contributed by atoms with Gasteiger partial charge in [-0.1, -0.05) is 52.2 Å². The molecular weight excluding hydrogens is 226 g/mol. The van der Waals surface area contributed by atoms with Gasteiger partial charge >= 0.3 is 5.97 Å². The summed E-state index contributed by atoms with van der Waals surface area (Å²) in [6.07, 6.45) is 10.6. The van der Waals surface area contributed by atoms with Gasteiger partial charge in [-0.3, -0.25) is 4.79 Å². The Kier molecular flexibility index (Phi) is 5.86. The van der Waals surface area contributed by atoms with Gasteiger partial charge < -0.3 is 10.4 Å². The minimum absolute atomic E-state index is 0.119. The monoisotopic (exact) mass is 253 g/mol. The molecule has 0 radical (unpaired) electrons. The largest absolute Gasteiger partial charge is 0.480 e. The highest BCUT2D eigenvalue weighted by atomic mass is 16.4. The Morgan fingerprint density at radius 1 is 1.33 bits per heavy atom. The van der Waals surface area contributed by atoms with E-state index in [1.54, 1.807) is 0 Å². The summed E-state index contributed by atoms with van der Waals surface area (Å²) in [5.74, 6) is -0.737. The third-order valence-corrected chi connectivity index (χ3v) is 3.33. The number of hydrogen-bond donors (Lipinski definition) is 2. The lowest BCUT2D eigenvalue weighted by Crippen LogP contribution is -2.43. The number of nitrogens with one attached hydrogen (secondary N) is 1. The van der Waals surface area contributed by atoms with Gasteiger partial charge in [0, 0.05) is 6.04 Å². The maximum absolute atomic E-state index is 11.2. The van der Waals surface area contributed by atoms with Crippen LogP contribution in [-0.4, -0.2) is 23.2 Å². The van der Waals surface area contributed by atoms with Gasteiger partial charge in [0.05, 0.1) is 0 Å². The topological polar surface area (TPSA) is 49.3 Å². The van der Waals surface area contributed by atoms with Crippen LogP contribution >= 0.6 is 0 Å². The number of carboxylic acids is 1. The van der Waals surface area contributed by atoms with Crippen molar-refractivity contribution in [3.63, 3.8) is 0 Å². The predicted octanol–water partition coefficient (Wildman–Crippen LogP) is 3.35. The number of rotatable bonds is 5. The second kappa shape index (κ2) is 6.93. The maximum atomic E-state index is 11.2. The number of aliphatic carboxylic acids is 1. The molecule has 1 aliphatic rings. The van der Waals surface area contributed by atoms with Gasteiger partial charge in [-0.05, 0) is 24.7 Å². The van der Waals surface area contributed by atoms with Crippen molar-refractivity contribution in [2.75, 3.05) is 0 Å². The van der Waals surface area contributed by atoms with E-state index in [-0.39, 0.29) is 5.41 Å². The van der Waals surface area contributed by atoms with Crippen LogP contribution in [-0.2, 0) is 4.79 Å². The Morgan fingerprint density at radius 2 is 1.94 bits per heavy atom. The minimum Gasteiger partial charge on any atom is -0.480 e. The zero-order valence-electron chi connectivity index (χ0n) is 11.9. The molecule has 1 rings (SSSR count). The van der Waals surface area contributed by atoms with E-state index in [0.29, 0.717) is 12.5 Å². The van der Waals surface area contributed by atoms with Crippen molar-refractivity contribution in [3.8, 4) is 0 Å². The molecule has 0 aliphatic heterocycles. The summed E-state index contributed by atoms with van der Waals surface area (Å²) in [7, 11) is 0. The molecule has 1 atom stereocenters. The van der Waals surface area contributed by atoms with Gasteiger partial charge in [0.25, 0.3) is 0 Å². The van der Waals surface area contributed by atoms with E-state index >= 15 is 0 Å². The molecule has 0 bridgehead atoms. The Labute approximate surface area is 111 Å². The third kappa shape index (κ3) is 6.20. The van der Waals surface area contributed by atoms with Crippen LogP contribution in [0.3, 0.4) is 0 Å². The van der Waals surface area contributed by atoms with Crippen molar-refractivity contribution in [1.82, 2.24) is 5.32 Å². The molecule has 3 nitrogen and oxygen atoms in total. The SMILES string of the molecule is CC(C)(C)/C=C/C[C@@H](NC1CCCCC1)C(=O)O. The molecule has 1 saturated carbocycles. The van der Waals surface area contributed by atoms with Crippen LogP contribution < -0.4 is 5.32 Å². The lowest BCUT2D eigenvalue weighted by atomic mass is 9.93. The van der Waals surface area contributed by atoms with Gasteiger partial charge in [-0.15, -0.1) is 0 Å². The fraction of sp³-hybridized carbons (Fsp3) is 0.800. The predicted molar refractivity (Wildman–Crippen MR) is 74.6 cm³/mol. The summed E-state index contributed by atoms with van der Waals surface area (Å²) in [6.45, 7) is 6.36. The summed E-state index contributed by atoms with van der Waals surface area (Å²) in [5.41, 5.74) is 0.119. The Morgan fingerprint density at radius 3 is 2.44 bits per heavy atom. The summed E-state index contributed by atoms with van der Waals surface area (Å²) >= 11 is 0. The molecule has 0 heterocycles. The van der Waals surface area contributed by atoms with Crippen LogP contribution in [0.4, 0.5) is 0 Å². The first-order valence-corrected chi connectivity index (χ1v) is 7.05. The molecular formula is C15H27NO2. The van der Waals surface area contributed by atoms with Crippen molar-refractivity contribution in [1.29, 1.82) is 0 Å². The van der Waals surface area contributed by atoms with E-state index in [1.807, 2.05) is 6.08 Å². The number of hydrogen-bond acceptors (Lipinski definition) is 2. The van der Waals surface area contributed by atoms with E-state index in [2.05, 4.69) is 32.2 Å². The Balaban J connectivity index is 2.44.